The molecular formula is C26H24N2O2. The average Bonchev–Trinajstić information content (AvgIpc) is 3.27. The smallest absolute Gasteiger partial charge is 0.217 e. The number of imidazole rings is 1. The monoisotopic (exact) mass is 396 g/mol. The molecule has 0 bridgehead atoms. The third-order valence-electron chi connectivity index (χ3n) is 5.39. The van der Waals surface area contributed by atoms with Crippen molar-refractivity contribution in [3.8, 4) is 22.5 Å². The minimum absolute atomic E-state index is 0.348. The van der Waals surface area contributed by atoms with Gasteiger partial charge in [-0.15, -0.1) is 0 Å². The van der Waals surface area contributed by atoms with Crippen molar-refractivity contribution in [3.05, 3.63) is 102 Å². The molecule has 3 aromatic carbocycles. The lowest BCUT2D eigenvalue weighted by Crippen LogP contribution is -2.29. The van der Waals surface area contributed by atoms with Gasteiger partial charge in [0.1, 0.15) is 0 Å². The number of rotatable bonds is 5. The highest BCUT2D eigenvalue weighted by molar-refractivity contribution is 5.78. The Balaban J connectivity index is 1.37. The number of aromatic amines is 1. The summed E-state index contributed by atoms with van der Waals surface area (Å²) in [4.78, 5) is 8.35. The Morgan fingerprint density at radius 1 is 0.733 bits per heavy atom. The second-order valence-electron chi connectivity index (χ2n) is 7.63. The minimum atomic E-state index is -0.475. The molecule has 4 nitrogen and oxygen atoms in total. The van der Waals surface area contributed by atoms with E-state index in [1.54, 1.807) is 0 Å². The molecule has 2 heterocycles. The molecule has 0 radical (unpaired) electrons. The highest BCUT2D eigenvalue weighted by Gasteiger charge is 2.27. The Kier molecular flexibility index (Phi) is 5.42. The van der Waals surface area contributed by atoms with E-state index in [9.17, 15) is 0 Å². The van der Waals surface area contributed by atoms with Gasteiger partial charge >= 0.3 is 0 Å². The Morgan fingerprint density at radius 3 is 1.93 bits per heavy atom. The first kappa shape index (κ1) is 18.8. The fraction of sp³-hybridized carbons (Fsp3) is 0.192. The number of hydrogen-bond donors (Lipinski definition) is 1. The van der Waals surface area contributed by atoms with E-state index < -0.39 is 6.29 Å². The lowest BCUT2D eigenvalue weighted by atomic mass is 10.0. The quantitative estimate of drug-likeness (QED) is 0.474. The van der Waals surface area contributed by atoms with Crippen molar-refractivity contribution in [3.63, 3.8) is 0 Å². The van der Waals surface area contributed by atoms with Gasteiger partial charge < -0.3 is 14.5 Å². The summed E-state index contributed by atoms with van der Waals surface area (Å²) >= 11 is 0. The molecule has 30 heavy (non-hydrogen) atoms. The van der Waals surface area contributed by atoms with Gasteiger partial charge in [-0.1, -0.05) is 91.0 Å². The normalized spacial score (nSPS) is 18.9. The fourth-order valence-corrected chi connectivity index (χ4v) is 3.89. The standard InChI is InChI=1S/C26H24N2O2/c1-4-10-19(11-5-1)16-20-17-29-26(30-18-20)25-27-23(21-12-6-2-7-13-21)24(28-25)22-14-8-3-9-15-22/h1-15,20,26H,16-18H2,(H,27,28)/t20-,26-. The number of nitrogens with one attached hydrogen (secondary N) is 1. The fourth-order valence-electron chi connectivity index (χ4n) is 3.89. The molecule has 150 valence electrons. The van der Waals surface area contributed by atoms with Crippen molar-refractivity contribution in [2.45, 2.75) is 12.7 Å². The first-order valence-electron chi connectivity index (χ1n) is 10.3. The molecular weight excluding hydrogens is 372 g/mol. The molecule has 1 fully saturated rings. The number of H-pyrrole nitrogens is 1. The number of benzene rings is 3. The summed E-state index contributed by atoms with van der Waals surface area (Å²) in [5.41, 5.74) is 5.36. The summed E-state index contributed by atoms with van der Waals surface area (Å²) in [5, 5.41) is 0. The average molecular weight is 396 g/mol. The molecule has 1 aliphatic rings. The van der Waals surface area contributed by atoms with Crippen LogP contribution in [0, 0.1) is 5.92 Å². The summed E-state index contributed by atoms with van der Waals surface area (Å²) in [6, 6.07) is 31.0. The highest BCUT2D eigenvalue weighted by Crippen LogP contribution is 2.33. The predicted octanol–water partition coefficient (Wildman–Crippen LogP) is 5.65. The van der Waals surface area contributed by atoms with Crippen LogP contribution in [0.15, 0.2) is 91.0 Å². The van der Waals surface area contributed by atoms with Crippen molar-refractivity contribution >= 4 is 0 Å². The molecule has 0 aliphatic carbocycles. The van der Waals surface area contributed by atoms with E-state index in [4.69, 9.17) is 14.5 Å². The number of aromatic nitrogens is 2. The Morgan fingerprint density at radius 2 is 1.30 bits per heavy atom. The maximum absolute atomic E-state index is 6.07. The summed E-state index contributed by atoms with van der Waals surface area (Å²) < 4.78 is 12.1. The van der Waals surface area contributed by atoms with Crippen LogP contribution in [0.25, 0.3) is 22.5 Å². The van der Waals surface area contributed by atoms with E-state index in [1.807, 2.05) is 42.5 Å². The van der Waals surface area contributed by atoms with E-state index in [2.05, 4.69) is 53.5 Å². The molecule has 0 saturated carbocycles. The van der Waals surface area contributed by atoms with Crippen LogP contribution in [0.2, 0.25) is 0 Å². The van der Waals surface area contributed by atoms with Crippen molar-refractivity contribution in [2.24, 2.45) is 5.92 Å². The molecule has 1 aromatic heterocycles. The van der Waals surface area contributed by atoms with Gasteiger partial charge in [0.05, 0.1) is 24.6 Å². The van der Waals surface area contributed by atoms with Crippen LogP contribution < -0.4 is 0 Å². The molecule has 0 amide bonds. The van der Waals surface area contributed by atoms with Crippen LogP contribution in [-0.2, 0) is 15.9 Å². The van der Waals surface area contributed by atoms with Crippen LogP contribution in [0.5, 0.6) is 0 Å². The van der Waals surface area contributed by atoms with Gasteiger partial charge in [0.15, 0.2) is 5.82 Å². The topological polar surface area (TPSA) is 47.1 Å². The zero-order valence-corrected chi connectivity index (χ0v) is 16.7. The van der Waals surface area contributed by atoms with Crippen LogP contribution in [0.3, 0.4) is 0 Å². The summed E-state index contributed by atoms with van der Waals surface area (Å²) in [7, 11) is 0. The molecule has 4 aromatic rings. The SMILES string of the molecule is c1ccc(C[C@H]2CO[C@H](c3nc(-c4ccccc4)c(-c4ccccc4)[nH]3)OC2)cc1. The largest absolute Gasteiger partial charge is 0.346 e. The van der Waals surface area contributed by atoms with E-state index >= 15 is 0 Å². The summed E-state index contributed by atoms with van der Waals surface area (Å²) in [6.07, 6.45) is 0.480. The van der Waals surface area contributed by atoms with Gasteiger partial charge in [-0.05, 0) is 12.0 Å². The molecule has 0 spiro atoms. The molecule has 1 N–H and O–H groups in total. The van der Waals surface area contributed by atoms with Gasteiger partial charge in [0.2, 0.25) is 6.29 Å². The van der Waals surface area contributed by atoms with Crippen molar-refractivity contribution in [1.29, 1.82) is 0 Å². The predicted molar refractivity (Wildman–Crippen MR) is 118 cm³/mol. The second-order valence-corrected chi connectivity index (χ2v) is 7.63. The molecule has 0 unspecified atom stereocenters. The van der Waals surface area contributed by atoms with E-state index in [1.165, 1.54) is 5.56 Å². The Hall–Kier alpha value is -3.21. The Bertz CT molecular complexity index is 1010. The number of hydrogen-bond acceptors (Lipinski definition) is 3. The molecule has 0 atom stereocenters. The number of ether oxygens (including phenoxy) is 2. The van der Waals surface area contributed by atoms with Crippen LogP contribution in [0.1, 0.15) is 17.7 Å². The summed E-state index contributed by atoms with van der Waals surface area (Å²) in [5.74, 6) is 1.06. The van der Waals surface area contributed by atoms with Gasteiger partial charge in [0.25, 0.3) is 0 Å². The van der Waals surface area contributed by atoms with Crippen molar-refractivity contribution < 1.29 is 9.47 Å². The van der Waals surface area contributed by atoms with Gasteiger partial charge in [-0.2, -0.15) is 0 Å². The maximum atomic E-state index is 6.07. The lowest BCUT2D eigenvalue weighted by Gasteiger charge is -2.28. The molecule has 1 aliphatic heterocycles. The zero-order chi connectivity index (χ0) is 20.2. The first-order valence-corrected chi connectivity index (χ1v) is 10.3. The van der Waals surface area contributed by atoms with Crippen molar-refractivity contribution in [2.75, 3.05) is 13.2 Å². The van der Waals surface area contributed by atoms with Gasteiger partial charge in [0, 0.05) is 17.0 Å². The number of nitrogens with zero attached hydrogens (tertiary/aromatic N) is 1. The molecule has 1 saturated heterocycles. The van der Waals surface area contributed by atoms with Crippen LogP contribution >= 0.6 is 0 Å². The lowest BCUT2D eigenvalue weighted by molar-refractivity contribution is -0.208. The third-order valence-corrected chi connectivity index (χ3v) is 5.39. The summed E-state index contributed by atoms with van der Waals surface area (Å²) in [6.45, 7) is 1.31. The molecule has 5 rings (SSSR count). The second kappa shape index (κ2) is 8.66. The van der Waals surface area contributed by atoms with E-state index in [0.29, 0.717) is 25.0 Å². The molecule has 4 heteroatoms. The zero-order valence-electron chi connectivity index (χ0n) is 16.7. The Labute approximate surface area is 176 Å². The third kappa shape index (κ3) is 4.06. The first-order chi connectivity index (χ1) is 14.9. The van der Waals surface area contributed by atoms with Gasteiger partial charge in [-0.25, -0.2) is 4.98 Å². The van der Waals surface area contributed by atoms with Gasteiger partial charge in [-0.3, -0.25) is 0 Å². The van der Waals surface area contributed by atoms with E-state index in [0.717, 1.165) is 28.9 Å². The highest BCUT2D eigenvalue weighted by atomic mass is 16.7. The van der Waals surface area contributed by atoms with Crippen molar-refractivity contribution in [1.82, 2.24) is 9.97 Å². The van der Waals surface area contributed by atoms with Crippen LogP contribution in [-0.4, -0.2) is 23.2 Å². The minimum Gasteiger partial charge on any atom is -0.346 e. The maximum Gasteiger partial charge on any atom is 0.217 e. The van der Waals surface area contributed by atoms with Crippen LogP contribution in [0.4, 0.5) is 0 Å². The van der Waals surface area contributed by atoms with E-state index in [-0.39, 0.29) is 0 Å².